The van der Waals surface area contributed by atoms with Crippen molar-refractivity contribution in [2.45, 2.75) is 18.4 Å². The van der Waals surface area contributed by atoms with Crippen molar-refractivity contribution in [2.24, 2.45) is 5.10 Å². The Hall–Kier alpha value is -4.67. The number of methoxy groups -OCH3 is 1. The van der Waals surface area contributed by atoms with E-state index in [-0.39, 0.29) is 4.90 Å². The third-order valence-corrected chi connectivity index (χ3v) is 9.27. The molecule has 0 fully saturated rings. The zero-order valence-corrected chi connectivity index (χ0v) is 26.5. The molecule has 0 unspecified atom stereocenters. The molecular formula is C34H30BrN3O5S. The predicted octanol–water partition coefficient (Wildman–Crippen LogP) is 6.84. The number of hydrogen-bond acceptors (Lipinski definition) is 6. The Morgan fingerprint density at radius 3 is 2.39 bits per heavy atom. The van der Waals surface area contributed by atoms with Crippen LogP contribution in [-0.2, 0) is 21.4 Å². The monoisotopic (exact) mass is 671 g/mol. The maximum absolute atomic E-state index is 13.7. The van der Waals surface area contributed by atoms with E-state index in [0.29, 0.717) is 28.3 Å². The molecule has 1 amide bonds. The molecule has 5 rings (SSSR count). The maximum Gasteiger partial charge on any atom is 0.264 e. The summed E-state index contributed by atoms with van der Waals surface area (Å²) in [5.74, 6) is 0.582. The molecule has 1 N–H and O–H groups in total. The number of benzene rings is 5. The third kappa shape index (κ3) is 7.27. The Bertz CT molecular complexity index is 1910. The minimum Gasteiger partial charge on any atom is -0.496 e. The SMILES string of the molecule is COc1ccc(S(=O)(=O)N(CC(=O)N/N=C\c2ccc(OCc3cccc4ccccc34)cc2)c2ccc(C)cc2)cc1Br. The van der Waals surface area contributed by atoms with Gasteiger partial charge >= 0.3 is 0 Å². The second kappa shape index (κ2) is 13.7. The van der Waals surface area contributed by atoms with E-state index in [4.69, 9.17) is 9.47 Å². The Morgan fingerprint density at radius 2 is 1.66 bits per heavy atom. The van der Waals surface area contributed by atoms with Gasteiger partial charge in [0.15, 0.2) is 0 Å². The summed E-state index contributed by atoms with van der Waals surface area (Å²) in [6, 6.07) is 32.9. The molecule has 224 valence electrons. The van der Waals surface area contributed by atoms with Gasteiger partial charge in [-0.15, -0.1) is 0 Å². The van der Waals surface area contributed by atoms with Crippen molar-refractivity contribution in [1.29, 1.82) is 0 Å². The molecule has 0 radical (unpaired) electrons. The van der Waals surface area contributed by atoms with E-state index in [9.17, 15) is 13.2 Å². The summed E-state index contributed by atoms with van der Waals surface area (Å²) in [7, 11) is -2.61. The lowest BCUT2D eigenvalue weighted by Gasteiger charge is -2.24. The number of aryl methyl sites for hydroxylation is 1. The van der Waals surface area contributed by atoms with Crippen molar-refractivity contribution >= 4 is 54.5 Å². The normalized spacial score (nSPS) is 11.4. The van der Waals surface area contributed by atoms with Crippen molar-refractivity contribution < 1.29 is 22.7 Å². The smallest absolute Gasteiger partial charge is 0.264 e. The molecule has 5 aromatic rings. The largest absolute Gasteiger partial charge is 0.496 e. The maximum atomic E-state index is 13.7. The number of halogens is 1. The first-order chi connectivity index (χ1) is 21.2. The number of amides is 1. The summed E-state index contributed by atoms with van der Waals surface area (Å²) in [6.07, 6.45) is 1.48. The quantitative estimate of drug-likeness (QED) is 0.122. The zero-order chi connectivity index (χ0) is 31.1. The van der Waals surface area contributed by atoms with Crippen LogP contribution in [0.1, 0.15) is 16.7 Å². The molecule has 8 nitrogen and oxygen atoms in total. The minimum absolute atomic E-state index is 0.00445. The molecule has 0 atom stereocenters. The highest BCUT2D eigenvalue weighted by Crippen LogP contribution is 2.31. The fourth-order valence-corrected chi connectivity index (χ4v) is 6.67. The van der Waals surface area contributed by atoms with Crippen LogP contribution in [0.15, 0.2) is 124 Å². The molecule has 0 saturated heterocycles. The van der Waals surface area contributed by atoms with Gasteiger partial charge in [-0.2, -0.15) is 5.10 Å². The molecule has 44 heavy (non-hydrogen) atoms. The Kier molecular flexibility index (Phi) is 9.62. The fourth-order valence-electron chi connectivity index (χ4n) is 4.54. The van der Waals surface area contributed by atoms with E-state index in [0.717, 1.165) is 31.8 Å². The van der Waals surface area contributed by atoms with Gasteiger partial charge in [-0.25, -0.2) is 13.8 Å². The molecule has 0 saturated carbocycles. The molecule has 0 heterocycles. The highest BCUT2D eigenvalue weighted by molar-refractivity contribution is 9.10. The van der Waals surface area contributed by atoms with Crippen LogP contribution in [0.25, 0.3) is 10.8 Å². The van der Waals surface area contributed by atoms with Crippen LogP contribution in [-0.4, -0.2) is 34.2 Å². The number of nitrogens with zero attached hydrogens (tertiary/aromatic N) is 2. The van der Waals surface area contributed by atoms with Gasteiger partial charge in [0.25, 0.3) is 15.9 Å². The molecule has 5 aromatic carbocycles. The molecule has 0 aliphatic heterocycles. The molecule has 0 bridgehead atoms. The first-order valence-electron chi connectivity index (χ1n) is 13.7. The highest BCUT2D eigenvalue weighted by Gasteiger charge is 2.28. The minimum atomic E-state index is -4.11. The second-order valence-corrected chi connectivity index (χ2v) is 12.6. The number of ether oxygens (including phenoxy) is 2. The van der Waals surface area contributed by atoms with E-state index in [1.54, 1.807) is 30.3 Å². The zero-order valence-electron chi connectivity index (χ0n) is 24.1. The van der Waals surface area contributed by atoms with Gasteiger partial charge < -0.3 is 9.47 Å². The average molecular weight is 673 g/mol. The fraction of sp³-hybridized carbons (Fsp3) is 0.118. The van der Waals surface area contributed by atoms with Crippen LogP contribution < -0.4 is 19.2 Å². The number of sulfonamides is 1. The predicted molar refractivity (Wildman–Crippen MR) is 177 cm³/mol. The van der Waals surface area contributed by atoms with Gasteiger partial charge in [0, 0.05) is 0 Å². The summed E-state index contributed by atoms with van der Waals surface area (Å²) in [4.78, 5) is 12.9. The highest BCUT2D eigenvalue weighted by atomic mass is 79.9. The molecule has 10 heteroatoms. The number of carbonyl (C=O) groups excluding carboxylic acids is 1. The van der Waals surface area contributed by atoms with Gasteiger partial charge in [0.05, 0.1) is 28.4 Å². The number of nitrogens with one attached hydrogen (secondary N) is 1. The summed E-state index contributed by atoms with van der Waals surface area (Å²) in [6.45, 7) is 1.85. The molecule has 0 aliphatic rings. The Morgan fingerprint density at radius 1 is 0.932 bits per heavy atom. The average Bonchev–Trinajstić information content (AvgIpc) is 3.03. The first-order valence-corrected chi connectivity index (χ1v) is 15.9. The van der Waals surface area contributed by atoms with E-state index in [1.807, 2.05) is 55.5 Å². The van der Waals surface area contributed by atoms with Crippen LogP contribution in [0.5, 0.6) is 11.5 Å². The van der Waals surface area contributed by atoms with Crippen LogP contribution in [0.3, 0.4) is 0 Å². The number of carbonyl (C=O) groups is 1. The van der Waals surface area contributed by atoms with Gasteiger partial charge in [-0.3, -0.25) is 9.10 Å². The van der Waals surface area contributed by atoms with E-state index in [1.165, 1.54) is 25.5 Å². The standard InChI is InChI=1S/C34H30BrN3O5S/c1-24-10-14-28(15-11-24)38(44(40,41)30-18-19-33(42-2)32(35)20-30)22-34(39)37-36-21-25-12-16-29(17-13-25)43-23-27-8-5-7-26-6-3-4-9-31(26)27/h3-21H,22-23H2,1-2H3,(H,37,39)/b36-21-. The topological polar surface area (TPSA) is 97.3 Å². The number of fused-ring (bicyclic) bond motifs is 1. The lowest BCUT2D eigenvalue weighted by Crippen LogP contribution is -2.39. The van der Waals surface area contributed by atoms with Crippen LogP contribution in [0, 0.1) is 6.92 Å². The first kappa shape index (κ1) is 30.8. The lowest BCUT2D eigenvalue weighted by molar-refractivity contribution is -0.119. The lowest BCUT2D eigenvalue weighted by atomic mass is 10.1. The van der Waals surface area contributed by atoms with Crippen molar-refractivity contribution in [3.05, 3.63) is 130 Å². The van der Waals surface area contributed by atoms with Crippen molar-refractivity contribution in [3.63, 3.8) is 0 Å². The van der Waals surface area contributed by atoms with Gasteiger partial charge in [-0.05, 0) is 99.4 Å². The molecule has 0 spiro atoms. The molecular weight excluding hydrogens is 642 g/mol. The Balaban J connectivity index is 1.24. The second-order valence-electron chi connectivity index (χ2n) is 9.93. The van der Waals surface area contributed by atoms with Crippen molar-refractivity contribution in [3.8, 4) is 11.5 Å². The number of rotatable bonds is 11. The summed E-state index contributed by atoms with van der Waals surface area (Å²) in [5.41, 5.74) is 5.57. The number of hydrazone groups is 1. The van der Waals surface area contributed by atoms with Crippen LogP contribution >= 0.6 is 15.9 Å². The van der Waals surface area contributed by atoms with Gasteiger partial charge in [0.1, 0.15) is 24.7 Å². The van der Waals surface area contributed by atoms with E-state index >= 15 is 0 Å². The van der Waals surface area contributed by atoms with Crippen LogP contribution in [0.4, 0.5) is 5.69 Å². The number of hydrogen-bond donors (Lipinski definition) is 1. The Labute approximate surface area is 265 Å². The molecule has 0 aliphatic carbocycles. The van der Waals surface area contributed by atoms with E-state index < -0.39 is 22.5 Å². The summed E-state index contributed by atoms with van der Waals surface area (Å²) >= 11 is 3.34. The van der Waals surface area contributed by atoms with E-state index in [2.05, 4.69) is 44.7 Å². The summed E-state index contributed by atoms with van der Waals surface area (Å²) in [5, 5.41) is 6.36. The number of anilines is 1. The van der Waals surface area contributed by atoms with Crippen LogP contribution in [0.2, 0.25) is 0 Å². The third-order valence-electron chi connectivity index (χ3n) is 6.88. The van der Waals surface area contributed by atoms with Crippen molar-refractivity contribution in [2.75, 3.05) is 18.0 Å². The molecule has 0 aromatic heterocycles. The van der Waals surface area contributed by atoms with Crippen molar-refractivity contribution in [1.82, 2.24) is 5.43 Å². The van der Waals surface area contributed by atoms with Gasteiger partial charge in [0.2, 0.25) is 0 Å². The van der Waals surface area contributed by atoms with Gasteiger partial charge in [-0.1, -0.05) is 60.2 Å². The summed E-state index contributed by atoms with van der Waals surface area (Å²) < 4.78 is 40.1.